The van der Waals surface area contributed by atoms with E-state index in [1.165, 1.54) is 0 Å². The summed E-state index contributed by atoms with van der Waals surface area (Å²) in [6.45, 7) is 3.83. The molecule has 2 unspecified atom stereocenters. The smallest absolute Gasteiger partial charge is 0.303 e. The van der Waals surface area contributed by atoms with Gasteiger partial charge in [-0.25, -0.2) is 4.68 Å². The lowest BCUT2D eigenvalue weighted by atomic mass is 9.98. The number of benzene rings is 1. The molecule has 4 rings (SSSR count). The van der Waals surface area contributed by atoms with Crippen molar-refractivity contribution in [1.82, 2.24) is 14.7 Å². The molecule has 154 valence electrons. The summed E-state index contributed by atoms with van der Waals surface area (Å²) in [7, 11) is 0. The van der Waals surface area contributed by atoms with Crippen LogP contribution in [0.15, 0.2) is 24.3 Å². The first-order valence-corrected chi connectivity index (χ1v) is 10.2. The number of aliphatic hydroxyl groups excluding tert-OH is 1. The molecule has 1 aromatic carbocycles. The molecule has 2 aliphatic rings. The summed E-state index contributed by atoms with van der Waals surface area (Å²) in [6, 6.07) is 7.71. The molecule has 2 N–H and O–H groups in total. The van der Waals surface area contributed by atoms with Crippen LogP contribution in [0.5, 0.6) is 0 Å². The maximum Gasteiger partial charge on any atom is 0.303 e. The number of aliphatic carboxylic acids is 1. The molecule has 2 fully saturated rings. The number of aryl methyl sites for hydroxylation is 1. The Morgan fingerprint density at radius 3 is 2.31 bits per heavy atom. The summed E-state index contributed by atoms with van der Waals surface area (Å²) in [5.74, 6) is -0.787. The van der Waals surface area contributed by atoms with Gasteiger partial charge >= 0.3 is 5.97 Å². The van der Waals surface area contributed by atoms with E-state index in [4.69, 9.17) is 5.11 Å². The molecule has 0 aliphatic carbocycles. The summed E-state index contributed by atoms with van der Waals surface area (Å²) >= 11 is 0. The van der Waals surface area contributed by atoms with Gasteiger partial charge in [0.25, 0.3) is 5.91 Å². The van der Waals surface area contributed by atoms with Crippen molar-refractivity contribution in [3.05, 3.63) is 46.8 Å². The highest BCUT2D eigenvalue weighted by atomic mass is 16.4. The summed E-state index contributed by atoms with van der Waals surface area (Å²) in [4.78, 5) is 25.9. The Labute approximate surface area is 169 Å². The number of hydrogen-bond donors (Lipinski definition) is 2. The van der Waals surface area contributed by atoms with Gasteiger partial charge in [0.05, 0.1) is 17.5 Å². The second kappa shape index (κ2) is 7.63. The highest BCUT2D eigenvalue weighted by Gasteiger charge is 2.42. The van der Waals surface area contributed by atoms with Crippen molar-refractivity contribution in [2.45, 2.75) is 70.6 Å². The lowest BCUT2D eigenvalue weighted by molar-refractivity contribution is -0.136. The Balaban J connectivity index is 1.54. The Morgan fingerprint density at radius 2 is 1.72 bits per heavy atom. The highest BCUT2D eigenvalue weighted by Crippen LogP contribution is 2.36. The largest absolute Gasteiger partial charge is 0.481 e. The molecule has 0 spiro atoms. The zero-order chi connectivity index (χ0) is 20.7. The fourth-order valence-electron chi connectivity index (χ4n) is 4.89. The van der Waals surface area contributed by atoms with Gasteiger partial charge in [0.2, 0.25) is 0 Å². The van der Waals surface area contributed by atoms with Crippen LogP contribution in [-0.4, -0.2) is 55.0 Å². The zero-order valence-electron chi connectivity index (χ0n) is 16.8. The number of hydrogen-bond acceptors (Lipinski definition) is 4. The standard InChI is InChI=1S/C22H27N3O4/c1-13-20(9-10-21(27)28)14(2)25(23-13)16-5-3-15(4-6-16)22(29)24-17-7-8-18(24)12-19(26)11-17/h3-6,17-19,26H,7-12H2,1-2H3,(H,27,28). The molecule has 0 radical (unpaired) electrons. The number of amides is 1. The fourth-order valence-corrected chi connectivity index (χ4v) is 4.89. The number of piperidine rings is 1. The number of rotatable bonds is 5. The normalized spacial score (nSPS) is 23.4. The van der Waals surface area contributed by atoms with E-state index in [9.17, 15) is 14.7 Å². The van der Waals surface area contributed by atoms with Gasteiger partial charge in [-0.15, -0.1) is 0 Å². The van der Waals surface area contributed by atoms with Crippen LogP contribution in [0, 0.1) is 13.8 Å². The van der Waals surface area contributed by atoms with E-state index < -0.39 is 5.97 Å². The van der Waals surface area contributed by atoms with Crippen LogP contribution in [0.2, 0.25) is 0 Å². The summed E-state index contributed by atoms with van der Waals surface area (Å²) < 4.78 is 1.81. The third-order valence-electron chi connectivity index (χ3n) is 6.33. The molecule has 7 nitrogen and oxygen atoms in total. The molecule has 7 heteroatoms. The Bertz CT molecular complexity index is 920. The minimum Gasteiger partial charge on any atom is -0.481 e. The average molecular weight is 397 g/mol. The molecule has 2 aliphatic heterocycles. The van der Waals surface area contributed by atoms with E-state index in [-0.39, 0.29) is 30.5 Å². The van der Waals surface area contributed by atoms with Crippen LogP contribution in [0.4, 0.5) is 0 Å². The van der Waals surface area contributed by atoms with Gasteiger partial charge in [-0.05, 0) is 75.8 Å². The van der Waals surface area contributed by atoms with E-state index in [2.05, 4.69) is 5.10 Å². The van der Waals surface area contributed by atoms with Gasteiger partial charge in [0.1, 0.15) is 0 Å². The van der Waals surface area contributed by atoms with Crippen LogP contribution in [0.3, 0.4) is 0 Å². The van der Waals surface area contributed by atoms with Gasteiger partial charge in [-0.1, -0.05) is 0 Å². The Hall–Kier alpha value is -2.67. The molecule has 3 heterocycles. The maximum absolute atomic E-state index is 13.1. The second-order valence-electron chi connectivity index (χ2n) is 8.22. The number of aliphatic hydroxyl groups is 1. The number of carbonyl (C=O) groups is 2. The lowest BCUT2D eigenvalue weighted by Crippen LogP contribution is -2.48. The van der Waals surface area contributed by atoms with Crippen LogP contribution >= 0.6 is 0 Å². The molecule has 2 saturated heterocycles. The molecule has 1 aromatic heterocycles. The number of carboxylic acids is 1. The fraction of sp³-hybridized carbons (Fsp3) is 0.500. The molecular formula is C22H27N3O4. The first kappa shape index (κ1) is 19.6. The second-order valence-corrected chi connectivity index (χ2v) is 8.22. The molecule has 0 saturated carbocycles. The highest BCUT2D eigenvalue weighted by molar-refractivity contribution is 5.95. The van der Waals surface area contributed by atoms with E-state index >= 15 is 0 Å². The maximum atomic E-state index is 13.1. The van der Waals surface area contributed by atoms with Crippen molar-refractivity contribution in [1.29, 1.82) is 0 Å². The van der Waals surface area contributed by atoms with Gasteiger partial charge in [0, 0.05) is 29.8 Å². The van der Waals surface area contributed by atoms with Crippen molar-refractivity contribution in [2.24, 2.45) is 0 Å². The van der Waals surface area contributed by atoms with Gasteiger partial charge in [-0.3, -0.25) is 9.59 Å². The first-order valence-electron chi connectivity index (χ1n) is 10.2. The van der Waals surface area contributed by atoms with E-state index in [0.29, 0.717) is 24.8 Å². The quantitative estimate of drug-likeness (QED) is 0.809. The first-order chi connectivity index (χ1) is 13.8. The van der Waals surface area contributed by atoms with Crippen molar-refractivity contribution in [2.75, 3.05) is 0 Å². The summed E-state index contributed by atoms with van der Waals surface area (Å²) in [5.41, 5.74) is 4.20. The monoisotopic (exact) mass is 397 g/mol. The summed E-state index contributed by atoms with van der Waals surface area (Å²) in [6.07, 6.45) is 3.52. The SMILES string of the molecule is Cc1nn(-c2ccc(C(=O)N3C4CCC3CC(O)C4)cc2)c(C)c1CCC(=O)O. The topological polar surface area (TPSA) is 95.7 Å². The molecule has 29 heavy (non-hydrogen) atoms. The van der Waals surface area contributed by atoms with Crippen molar-refractivity contribution < 1.29 is 19.8 Å². The van der Waals surface area contributed by atoms with E-state index in [0.717, 1.165) is 35.5 Å². The van der Waals surface area contributed by atoms with E-state index in [1.54, 1.807) is 0 Å². The lowest BCUT2D eigenvalue weighted by Gasteiger charge is -2.37. The molecule has 2 bridgehead atoms. The minimum absolute atomic E-state index is 0.0338. The van der Waals surface area contributed by atoms with Gasteiger partial charge < -0.3 is 15.1 Å². The molecule has 2 atom stereocenters. The number of aromatic nitrogens is 2. The summed E-state index contributed by atoms with van der Waals surface area (Å²) in [5, 5.41) is 23.5. The third-order valence-corrected chi connectivity index (χ3v) is 6.33. The average Bonchev–Trinajstić information content (AvgIpc) is 3.12. The van der Waals surface area contributed by atoms with Crippen LogP contribution < -0.4 is 0 Å². The Morgan fingerprint density at radius 1 is 1.10 bits per heavy atom. The Kier molecular flexibility index (Phi) is 5.17. The molecular weight excluding hydrogens is 370 g/mol. The van der Waals surface area contributed by atoms with Crippen LogP contribution in [-0.2, 0) is 11.2 Å². The number of fused-ring (bicyclic) bond motifs is 2. The number of carboxylic acid groups (broad SMARTS) is 1. The zero-order valence-corrected chi connectivity index (χ0v) is 16.8. The van der Waals surface area contributed by atoms with Gasteiger partial charge in [0.15, 0.2) is 0 Å². The third kappa shape index (κ3) is 3.67. The van der Waals surface area contributed by atoms with Gasteiger partial charge in [-0.2, -0.15) is 5.10 Å². The van der Waals surface area contributed by atoms with Crippen molar-refractivity contribution >= 4 is 11.9 Å². The number of nitrogens with zero attached hydrogens (tertiary/aromatic N) is 3. The van der Waals surface area contributed by atoms with Crippen LogP contribution in [0.1, 0.15) is 59.4 Å². The van der Waals surface area contributed by atoms with Crippen LogP contribution in [0.25, 0.3) is 5.69 Å². The minimum atomic E-state index is -0.821. The molecule has 1 amide bonds. The molecule has 2 aromatic rings. The van der Waals surface area contributed by atoms with E-state index in [1.807, 2.05) is 47.7 Å². The predicted octanol–water partition coefficient (Wildman–Crippen LogP) is 2.63. The number of carbonyl (C=O) groups excluding carboxylic acids is 1. The van der Waals surface area contributed by atoms with Crippen molar-refractivity contribution in [3.63, 3.8) is 0 Å². The predicted molar refractivity (Wildman–Crippen MR) is 107 cm³/mol. The van der Waals surface area contributed by atoms with Crippen molar-refractivity contribution in [3.8, 4) is 5.69 Å².